The highest BCUT2D eigenvalue weighted by molar-refractivity contribution is 5.90. The van der Waals surface area contributed by atoms with Crippen molar-refractivity contribution < 1.29 is 4.79 Å². The zero-order chi connectivity index (χ0) is 16.0. The summed E-state index contributed by atoms with van der Waals surface area (Å²) in [5, 5.41) is 2.96. The summed E-state index contributed by atoms with van der Waals surface area (Å²) in [6, 6.07) is 8.09. The lowest BCUT2D eigenvalue weighted by Crippen LogP contribution is -2.23. The molecule has 0 spiro atoms. The molecule has 1 atom stereocenters. The van der Waals surface area contributed by atoms with E-state index in [9.17, 15) is 4.79 Å². The predicted octanol–water partition coefficient (Wildman–Crippen LogP) is 3.93. The molecule has 1 amide bonds. The first-order chi connectivity index (χ1) is 9.72. The van der Waals surface area contributed by atoms with Crippen LogP contribution >= 0.6 is 0 Å². The second kappa shape index (κ2) is 7.60. The van der Waals surface area contributed by atoms with Crippen LogP contribution in [0.4, 0.5) is 5.69 Å². The first-order valence-electron chi connectivity index (χ1n) is 7.82. The number of hydrogen-bond donors (Lipinski definition) is 2. The molecule has 3 N–H and O–H groups in total. The minimum atomic E-state index is 0.0506. The molecule has 0 fully saturated rings. The molecule has 3 heteroatoms. The average Bonchev–Trinajstić information content (AvgIpc) is 2.36. The van der Waals surface area contributed by atoms with E-state index < -0.39 is 0 Å². The van der Waals surface area contributed by atoms with Crippen molar-refractivity contribution in [3.63, 3.8) is 0 Å². The fraction of sp³-hybridized carbons (Fsp3) is 0.611. The van der Waals surface area contributed by atoms with Crippen molar-refractivity contribution in [1.82, 2.24) is 0 Å². The van der Waals surface area contributed by atoms with Gasteiger partial charge in [0.25, 0.3) is 0 Å². The fourth-order valence-electron chi connectivity index (χ4n) is 2.46. The van der Waals surface area contributed by atoms with Crippen molar-refractivity contribution in [2.45, 2.75) is 52.9 Å². The minimum Gasteiger partial charge on any atom is -0.330 e. The van der Waals surface area contributed by atoms with Gasteiger partial charge in [0.2, 0.25) is 5.91 Å². The van der Waals surface area contributed by atoms with Gasteiger partial charge in [-0.2, -0.15) is 0 Å². The van der Waals surface area contributed by atoms with Crippen LogP contribution in [0.1, 0.15) is 53.0 Å². The largest absolute Gasteiger partial charge is 0.330 e. The summed E-state index contributed by atoms with van der Waals surface area (Å²) in [4.78, 5) is 12.1. The van der Waals surface area contributed by atoms with Gasteiger partial charge in [-0.05, 0) is 47.9 Å². The van der Waals surface area contributed by atoms with Gasteiger partial charge in [-0.1, -0.05) is 46.8 Å². The van der Waals surface area contributed by atoms with Gasteiger partial charge >= 0.3 is 0 Å². The Morgan fingerprint density at radius 3 is 2.19 bits per heavy atom. The summed E-state index contributed by atoms with van der Waals surface area (Å²) in [6.45, 7) is 11.4. The molecule has 3 nitrogen and oxygen atoms in total. The van der Waals surface area contributed by atoms with Crippen LogP contribution < -0.4 is 11.1 Å². The Hall–Kier alpha value is -1.35. The summed E-state index contributed by atoms with van der Waals surface area (Å²) in [5.74, 6) is 0.880. The molecule has 1 unspecified atom stereocenters. The number of nitrogens with two attached hydrogens (primary N) is 1. The third-order valence-corrected chi connectivity index (χ3v) is 3.65. The van der Waals surface area contributed by atoms with E-state index in [0.717, 1.165) is 12.1 Å². The maximum absolute atomic E-state index is 12.1. The molecule has 0 aliphatic rings. The molecule has 1 aromatic carbocycles. The molecule has 0 bridgehead atoms. The van der Waals surface area contributed by atoms with Gasteiger partial charge in [0.05, 0.1) is 0 Å². The lowest BCUT2D eigenvalue weighted by atomic mass is 9.87. The van der Waals surface area contributed by atoms with E-state index in [4.69, 9.17) is 5.73 Å². The first kappa shape index (κ1) is 17.7. The Morgan fingerprint density at radius 1 is 1.19 bits per heavy atom. The Morgan fingerprint density at radius 2 is 1.76 bits per heavy atom. The lowest BCUT2D eigenvalue weighted by molar-refractivity contribution is -0.117. The fourth-order valence-corrected chi connectivity index (χ4v) is 2.46. The number of anilines is 1. The molecule has 0 saturated carbocycles. The van der Waals surface area contributed by atoms with Gasteiger partial charge in [-0.15, -0.1) is 0 Å². The van der Waals surface area contributed by atoms with E-state index in [-0.39, 0.29) is 17.2 Å². The molecular weight excluding hydrogens is 260 g/mol. The predicted molar refractivity (Wildman–Crippen MR) is 90.4 cm³/mol. The van der Waals surface area contributed by atoms with Crippen LogP contribution in [0.5, 0.6) is 0 Å². The highest BCUT2D eigenvalue weighted by atomic mass is 16.1. The third-order valence-electron chi connectivity index (χ3n) is 3.65. The Balaban J connectivity index is 2.58. The minimum absolute atomic E-state index is 0.0506. The van der Waals surface area contributed by atoms with Crippen molar-refractivity contribution >= 4 is 11.6 Å². The lowest BCUT2D eigenvalue weighted by Gasteiger charge is -2.19. The van der Waals surface area contributed by atoms with Crippen LogP contribution in [0.3, 0.4) is 0 Å². The molecule has 0 saturated heterocycles. The van der Waals surface area contributed by atoms with E-state index in [1.54, 1.807) is 0 Å². The van der Waals surface area contributed by atoms with E-state index in [1.807, 2.05) is 12.1 Å². The summed E-state index contributed by atoms with van der Waals surface area (Å²) in [5.41, 5.74) is 8.00. The summed E-state index contributed by atoms with van der Waals surface area (Å²) < 4.78 is 0. The van der Waals surface area contributed by atoms with Crippen LogP contribution in [0.15, 0.2) is 24.3 Å². The van der Waals surface area contributed by atoms with E-state index in [1.165, 1.54) is 5.56 Å². The quantitative estimate of drug-likeness (QED) is 0.834. The number of carbonyl (C=O) groups excluding carboxylic acids is 1. The number of nitrogens with one attached hydrogen (secondary N) is 1. The molecule has 21 heavy (non-hydrogen) atoms. The maximum Gasteiger partial charge on any atom is 0.224 e. The van der Waals surface area contributed by atoms with Crippen molar-refractivity contribution in [3.8, 4) is 0 Å². The average molecular weight is 290 g/mol. The second-order valence-electron chi connectivity index (χ2n) is 7.31. The molecule has 1 aromatic rings. The van der Waals surface area contributed by atoms with E-state index in [2.05, 4.69) is 52.1 Å². The van der Waals surface area contributed by atoms with Crippen LogP contribution in [0, 0.1) is 11.8 Å². The standard InChI is InChI=1S/C18H30N2O/c1-13(2)10-14(12-19)11-17(21)20-16-8-6-15(7-9-16)18(3,4)5/h6-9,13-14H,10-12,19H2,1-5H3,(H,20,21). The first-order valence-corrected chi connectivity index (χ1v) is 7.82. The summed E-state index contributed by atoms with van der Waals surface area (Å²) in [7, 11) is 0. The van der Waals surface area contributed by atoms with Gasteiger partial charge in [0.15, 0.2) is 0 Å². The summed E-state index contributed by atoms with van der Waals surface area (Å²) >= 11 is 0. The van der Waals surface area contributed by atoms with Crippen LogP contribution in [0.25, 0.3) is 0 Å². The van der Waals surface area contributed by atoms with Gasteiger partial charge < -0.3 is 11.1 Å². The number of hydrogen-bond acceptors (Lipinski definition) is 2. The molecule has 0 aromatic heterocycles. The summed E-state index contributed by atoms with van der Waals surface area (Å²) in [6.07, 6.45) is 1.49. The van der Waals surface area contributed by atoms with Crippen LogP contribution in [-0.2, 0) is 10.2 Å². The molecule has 0 radical (unpaired) electrons. The molecular formula is C18H30N2O. The molecule has 0 aliphatic carbocycles. The topological polar surface area (TPSA) is 55.1 Å². The van der Waals surface area contributed by atoms with Gasteiger partial charge in [-0.25, -0.2) is 0 Å². The number of carbonyl (C=O) groups is 1. The Bertz CT molecular complexity index is 443. The van der Waals surface area contributed by atoms with Crippen molar-refractivity contribution in [2.75, 3.05) is 11.9 Å². The highest BCUT2D eigenvalue weighted by Gasteiger charge is 2.15. The highest BCUT2D eigenvalue weighted by Crippen LogP contribution is 2.23. The maximum atomic E-state index is 12.1. The Labute approximate surface area is 129 Å². The normalized spacial score (nSPS) is 13.3. The number of amides is 1. The van der Waals surface area contributed by atoms with Crippen LogP contribution in [-0.4, -0.2) is 12.5 Å². The van der Waals surface area contributed by atoms with Gasteiger partial charge in [0, 0.05) is 12.1 Å². The zero-order valence-corrected chi connectivity index (χ0v) is 14.1. The van der Waals surface area contributed by atoms with Gasteiger partial charge in [-0.3, -0.25) is 4.79 Å². The van der Waals surface area contributed by atoms with Crippen molar-refractivity contribution in [3.05, 3.63) is 29.8 Å². The van der Waals surface area contributed by atoms with E-state index in [0.29, 0.717) is 18.9 Å². The number of rotatable bonds is 6. The van der Waals surface area contributed by atoms with Crippen molar-refractivity contribution in [1.29, 1.82) is 0 Å². The SMILES string of the molecule is CC(C)CC(CN)CC(=O)Nc1ccc(C(C)(C)C)cc1. The second-order valence-corrected chi connectivity index (χ2v) is 7.31. The monoisotopic (exact) mass is 290 g/mol. The smallest absolute Gasteiger partial charge is 0.224 e. The molecule has 0 aliphatic heterocycles. The third kappa shape index (κ3) is 6.30. The van der Waals surface area contributed by atoms with Crippen molar-refractivity contribution in [2.24, 2.45) is 17.6 Å². The Kier molecular flexibility index (Phi) is 6.41. The molecule has 1 rings (SSSR count). The van der Waals surface area contributed by atoms with Crippen LogP contribution in [0.2, 0.25) is 0 Å². The van der Waals surface area contributed by atoms with Gasteiger partial charge in [0.1, 0.15) is 0 Å². The number of benzene rings is 1. The van der Waals surface area contributed by atoms with E-state index >= 15 is 0 Å². The molecule has 118 valence electrons. The molecule has 0 heterocycles. The zero-order valence-electron chi connectivity index (χ0n) is 14.1.